The van der Waals surface area contributed by atoms with Crippen LogP contribution in [0, 0.1) is 17.8 Å². The van der Waals surface area contributed by atoms with Gasteiger partial charge in [0.15, 0.2) is 0 Å². The number of aliphatic carboxylic acids is 1. The molecule has 0 aromatic carbocycles. The Morgan fingerprint density at radius 3 is 2.50 bits per heavy atom. The molecule has 0 atom stereocenters. The molecule has 3 N–H and O–H groups in total. The van der Waals surface area contributed by atoms with Crippen LogP contribution in [0.15, 0.2) is 0 Å². The maximum atomic E-state index is 11.7. The monoisotopic (exact) mass is 280 g/mol. The van der Waals surface area contributed by atoms with Crippen LogP contribution in [0.3, 0.4) is 0 Å². The number of amides is 2. The summed E-state index contributed by atoms with van der Waals surface area (Å²) in [4.78, 5) is 22.7. The number of rotatable bonds is 7. The van der Waals surface area contributed by atoms with E-state index < -0.39 is 5.97 Å². The second kappa shape index (κ2) is 8.47. The van der Waals surface area contributed by atoms with Crippen LogP contribution in [0.25, 0.3) is 0 Å². The van der Waals surface area contributed by atoms with Crippen molar-refractivity contribution < 1.29 is 14.7 Å². The fourth-order valence-corrected chi connectivity index (χ4v) is 2.76. The molecular formula is C15H24N2O3. The van der Waals surface area contributed by atoms with Crippen molar-refractivity contribution in [2.45, 2.75) is 51.4 Å². The second-order valence-electron chi connectivity index (χ2n) is 5.55. The SMILES string of the molecule is C#CCCCNC(=O)NCC1(CC(=O)O)CCCCC1. The highest BCUT2D eigenvalue weighted by Crippen LogP contribution is 2.38. The summed E-state index contributed by atoms with van der Waals surface area (Å²) in [5.74, 6) is 1.73. The van der Waals surface area contributed by atoms with Crippen LogP contribution in [-0.2, 0) is 4.79 Å². The van der Waals surface area contributed by atoms with Gasteiger partial charge in [0.25, 0.3) is 0 Å². The minimum atomic E-state index is -0.789. The zero-order valence-electron chi connectivity index (χ0n) is 11.9. The molecule has 1 aliphatic rings. The quantitative estimate of drug-likeness (QED) is 0.494. The largest absolute Gasteiger partial charge is 0.481 e. The summed E-state index contributed by atoms with van der Waals surface area (Å²) in [6, 6.07) is -0.239. The number of unbranched alkanes of at least 4 members (excludes halogenated alkanes) is 1. The number of hydrogen-bond acceptors (Lipinski definition) is 2. The molecule has 0 spiro atoms. The van der Waals surface area contributed by atoms with Gasteiger partial charge in [0.05, 0.1) is 6.42 Å². The number of carboxylic acids is 1. The van der Waals surface area contributed by atoms with Gasteiger partial charge in [0.2, 0.25) is 0 Å². The molecule has 0 radical (unpaired) electrons. The van der Waals surface area contributed by atoms with E-state index in [1.54, 1.807) is 0 Å². The standard InChI is InChI=1S/C15H24N2O3/c1-2-3-7-10-16-14(20)17-12-15(11-13(18)19)8-5-4-6-9-15/h1H,3-12H2,(H,18,19)(H2,16,17,20). The van der Waals surface area contributed by atoms with Gasteiger partial charge < -0.3 is 15.7 Å². The summed E-state index contributed by atoms with van der Waals surface area (Å²) in [6.07, 6.45) is 11.6. The van der Waals surface area contributed by atoms with Crippen LogP contribution < -0.4 is 10.6 Å². The second-order valence-corrected chi connectivity index (χ2v) is 5.55. The van der Waals surface area contributed by atoms with E-state index >= 15 is 0 Å². The smallest absolute Gasteiger partial charge is 0.314 e. The van der Waals surface area contributed by atoms with Crippen molar-refractivity contribution in [3.8, 4) is 12.3 Å². The van der Waals surface area contributed by atoms with Gasteiger partial charge in [-0.15, -0.1) is 12.3 Å². The van der Waals surface area contributed by atoms with Gasteiger partial charge in [-0.1, -0.05) is 19.3 Å². The van der Waals surface area contributed by atoms with Crippen molar-refractivity contribution in [2.75, 3.05) is 13.1 Å². The molecule has 1 fully saturated rings. The summed E-state index contributed by atoms with van der Waals surface area (Å²) in [6.45, 7) is 0.974. The Labute approximate surface area is 120 Å². The highest BCUT2D eigenvalue weighted by molar-refractivity contribution is 5.74. The number of urea groups is 1. The normalized spacial score (nSPS) is 16.9. The van der Waals surface area contributed by atoms with Crippen molar-refractivity contribution in [3.05, 3.63) is 0 Å². The van der Waals surface area contributed by atoms with Crippen molar-refractivity contribution >= 4 is 12.0 Å². The third-order valence-corrected chi connectivity index (χ3v) is 3.85. The van der Waals surface area contributed by atoms with Gasteiger partial charge in [0.1, 0.15) is 0 Å². The highest BCUT2D eigenvalue weighted by Gasteiger charge is 2.34. The lowest BCUT2D eigenvalue weighted by molar-refractivity contribution is -0.140. The van der Waals surface area contributed by atoms with Gasteiger partial charge in [0, 0.05) is 19.5 Å². The van der Waals surface area contributed by atoms with Crippen LogP contribution in [0.2, 0.25) is 0 Å². The first-order chi connectivity index (χ1) is 9.58. The number of nitrogens with one attached hydrogen (secondary N) is 2. The first kappa shape index (κ1) is 16.4. The molecule has 5 nitrogen and oxygen atoms in total. The fourth-order valence-electron chi connectivity index (χ4n) is 2.76. The van der Waals surface area contributed by atoms with Gasteiger partial charge in [-0.25, -0.2) is 4.79 Å². The number of carbonyl (C=O) groups excluding carboxylic acids is 1. The van der Waals surface area contributed by atoms with E-state index in [4.69, 9.17) is 11.5 Å². The van der Waals surface area contributed by atoms with Crippen LogP contribution in [0.1, 0.15) is 51.4 Å². The predicted octanol–water partition coefficient (Wildman–Crippen LogP) is 2.12. The molecule has 1 aliphatic carbocycles. The molecule has 5 heteroatoms. The summed E-state index contributed by atoms with van der Waals surface area (Å²) in [7, 11) is 0. The lowest BCUT2D eigenvalue weighted by Crippen LogP contribution is -2.44. The molecule has 0 aromatic heterocycles. The van der Waals surface area contributed by atoms with E-state index in [0.717, 1.165) is 38.5 Å². The molecule has 0 aliphatic heterocycles. The van der Waals surface area contributed by atoms with Crippen LogP contribution in [0.5, 0.6) is 0 Å². The summed E-state index contributed by atoms with van der Waals surface area (Å²) in [5, 5.41) is 14.6. The van der Waals surface area contributed by atoms with E-state index in [9.17, 15) is 9.59 Å². The van der Waals surface area contributed by atoms with Crippen molar-refractivity contribution in [1.29, 1.82) is 0 Å². The maximum Gasteiger partial charge on any atom is 0.314 e. The van der Waals surface area contributed by atoms with E-state index in [2.05, 4.69) is 16.6 Å². The van der Waals surface area contributed by atoms with Crippen molar-refractivity contribution in [2.24, 2.45) is 5.41 Å². The maximum absolute atomic E-state index is 11.7. The minimum Gasteiger partial charge on any atom is -0.481 e. The first-order valence-electron chi connectivity index (χ1n) is 7.25. The molecule has 20 heavy (non-hydrogen) atoms. The van der Waals surface area contributed by atoms with Crippen molar-refractivity contribution in [3.63, 3.8) is 0 Å². The number of terminal acetylenes is 1. The predicted molar refractivity (Wildman–Crippen MR) is 77.2 cm³/mol. The Morgan fingerprint density at radius 1 is 1.20 bits per heavy atom. The highest BCUT2D eigenvalue weighted by atomic mass is 16.4. The van der Waals surface area contributed by atoms with Crippen LogP contribution >= 0.6 is 0 Å². The molecule has 0 heterocycles. The Kier molecular flexibility index (Phi) is 6.92. The molecule has 0 aromatic rings. The summed E-state index contributed by atoms with van der Waals surface area (Å²) < 4.78 is 0. The zero-order chi connectivity index (χ0) is 14.8. The van der Waals surface area contributed by atoms with E-state index in [-0.39, 0.29) is 17.9 Å². The van der Waals surface area contributed by atoms with Crippen molar-refractivity contribution in [1.82, 2.24) is 10.6 Å². The lowest BCUT2D eigenvalue weighted by Gasteiger charge is -2.36. The average molecular weight is 280 g/mol. The molecule has 2 amide bonds. The Balaban J connectivity index is 2.36. The lowest BCUT2D eigenvalue weighted by atomic mass is 9.72. The molecule has 0 bridgehead atoms. The molecular weight excluding hydrogens is 256 g/mol. The number of hydrogen-bond donors (Lipinski definition) is 3. The Morgan fingerprint density at radius 2 is 1.90 bits per heavy atom. The first-order valence-corrected chi connectivity index (χ1v) is 7.25. The van der Waals surface area contributed by atoms with E-state index in [1.165, 1.54) is 0 Å². The third-order valence-electron chi connectivity index (χ3n) is 3.85. The van der Waals surface area contributed by atoms with Crippen LogP contribution in [0.4, 0.5) is 4.79 Å². The molecule has 112 valence electrons. The Hall–Kier alpha value is -1.70. The Bertz CT molecular complexity index is 368. The van der Waals surface area contributed by atoms with Crippen LogP contribution in [-0.4, -0.2) is 30.2 Å². The summed E-state index contributed by atoms with van der Waals surface area (Å²) >= 11 is 0. The van der Waals surface area contributed by atoms with E-state index in [0.29, 0.717) is 19.5 Å². The average Bonchev–Trinajstić information content (AvgIpc) is 2.42. The molecule has 1 rings (SSSR count). The number of carbonyl (C=O) groups is 2. The number of carboxylic acid groups (broad SMARTS) is 1. The van der Waals surface area contributed by atoms with Gasteiger partial charge in [-0.05, 0) is 24.7 Å². The molecule has 1 saturated carbocycles. The summed E-state index contributed by atoms with van der Waals surface area (Å²) in [5.41, 5.74) is -0.278. The van der Waals surface area contributed by atoms with Gasteiger partial charge in [-0.3, -0.25) is 4.79 Å². The van der Waals surface area contributed by atoms with Gasteiger partial charge >= 0.3 is 12.0 Å². The minimum absolute atomic E-state index is 0.129. The fraction of sp³-hybridized carbons (Fsp3) is 0.733. The third kappa shape index (κ3) is 5.96. The zero-order valence-corrected chi connectivity index (χ0v) is 11.9. The molecule has 0 unspecified atom stereocenters. The van der Waals surface area contributed by atoms with E-state index in [1.807, 2.05) is 0 Å². The van der Waals surface area contributed by atoms with Gasteiger partial charge in [-0.2, -0.15) is 0 Å². The topological polar surface area (TPSA) is 78.4 Å². The molecule has 0 saturated heterocycles.